The molecular formula is C14H21N3O2. The van der Waals surface area contributed by atoms with Crippen molar-refractivity contribution in [2.45, 2.75) is 13.0 Å². The Balaban J connectivity index is 1.82. The molecule has 2 rings (SSSR count). The number of amides is 1. The highest BCUT2D eigenvalue weighted by Crippen LogP contribution is 2.06. The van der Waals surface area contributed by atoms with Crippen LogP contribution in [0, 0.1) is 0 Å². The highest BCUT2D eigenvalue weighted by atomic mass is 16.5. The summed E-state index contributed by atoms with van der Waals surface area (Å²) in [4.78, 5) is 14.3. The summed E-state index contributed by atoms with van der Waals surface area (Å²) < 4.78 is 5.30. The van der Waals surface area contributed by atoms with Gasteiger partial charge in [-0.25, -0.2) is 0 Å². The molecule has 1 saturated heterocycles. The van der Waals surface area contributed by atoms with Crippen molar-refractivity contribution < 1.29 is 9.53 Å². The lowest BCUT2D eigenvalue weighted by Crippen LogP contribution is -2.46. The van der Waals surface area contributed by atoms with E-state index in [2.05, 4.69) is 10.2 Å². The van der Waals surface area contributed by atoms with E-state index in [1.165, 1.54) is 0 Å². The summed E-state index contributed by atoms with van der Waals surface area (Å²) >= 11 is 0. The summed E-state index contributed by atoms with van der Waals surface area (Å²) in [6.45, 7) is 6.29. The van der Waals surface area contributed by atoms with Gasteiger partial charge in [0.25, 0.3) is 5.91 Å². The van der Waals surface area contributed by atoms with Gasteiger partial charge >= 0.3 is 0 Å². The number of benzene rings is 1. The van der Waals surface area contributed by atoms with E-state index in [4.69, 9.17) is 10.5 Å². The Morgan fingerprint density at radius 3 is 2.63 bits per heavy atom. The molecule has 1 aliphatic heterocycles. The van der Waals surface area contributed by atoms with Crippen molar-refractivity contribution in [2.24, 2.45) is 0 Å². The Hall–Kier alpha value is -1.59. The zero-order valence-corrected chi connectivity index (χ0v) is 11.3. The van der Waals surface area contributed by atoms with Gasteiger partial charge in [0.2, 0.25) is 0 Å². The van der Waals surface area contributed by atoms with Crippen molar-refractivity contribution in [1.29, 1.82) is 0 Å². The maximum absolute atomic E-state index is 12.0. The van der Waals surface area contributed by atoms with E-state index in [0.717, 1.165) is 32.8 Å². The summed E-state index contributed by atoms with van der Waals surface area (Å²) in [5.41, 5.74) is 6.91. The molecule has 1 aliphatic rings. The number of hydrogen-bond acceptors (Lipinski definition) is 4. The molecule has 1 aromatic rings. The second-order valence-corrected chi connectivity index (χ2v) is 4.91. The second kappa shape index (κ2) is 6.54. The van der Waals surface area contributed by atoms with Gasteiger partial charge in [-0.15, -0.1) is 0 Å². The van der Waals surface area contributed by atoms with Gasteiger partial charge in [-0.3, -0.25) is 9.69 Å². The summed E-state index contributed by atoms with van der Waals surface area (Å²) in [7, 11) is 0. The first-order valence-corrected chi connectivity index (χ1v) is 6.61. The van der Waals surface area contributed by atoms with E-state index >= 15 is 0 Å². The lowest BCUT2D eigenvalue weighted by atomic mass is 10.2. The van der Waals surface area contributed by atoms with Gasteiger partial charge in [0, 0.05) is 36.9 Å². The highest BCUT2D eigenvalue weighted by molar-refractivity contribution is 5.94. The number of anilines is 1. The number of carbonyl (C=O) groups excluding carboxylic acids is 1. The van der Waals surface area contributed by atoms with Crippen LogP contribution in [0.2, 0.25) is 0 Å². The smallest absolute Gasteiger partial charge is 0.251 e. The molecule has 0 radical (unpaired) electrons. The molecule has 3 N–H and O–H groups in total. The SMILES string of the molecule is CC(CN1CCOCC1)NC(=O)c1ccc(N)cc1. The average molecular weight is 263 g/mol. The van der Waals surface area contributed by atoms with Crippen LogP contribution in [0.15, 0.2) is 24.3 Å². The molecule has 1 heterocycles. The first-order valence-electron chi connectivity index (χ1n) is 6.61. The van der Waals surface area contributed by atoms with E-state index < -0.39 is 0 Å². The van der Waals surface area contributed by atoms with Crippen LogP contribution in [0.3, 0.4) is 0 Å². The van der Waals surface area contributed by atoms with Gasteiger partial charge in [-0.2, -0.15) is 0 Å². The lowest BCUT2D eigenvalue weighted by molar-refractivity contribution is 0.0342. The fourth-order valence-corrected chi connectivity index (χ4v) is 2.16. The quantitative estimate of drug-likeness (QED) is 0.786. The van der Waals surface area contributed by atoms with E-state index in [1.54, 1.807) is 24.3 Å². The van der Waals surface area contributed by atoms with Crippen LogP contribution >= 0.6 is 0 Å². The number of rotatable bonds is 4. The molecule has 19 heavy (non-hydrogen) atoms. The largest absolute Gasteiger partial charge is 0.399 e. The molecule has 1 amide bonds. The van der Waals surface area contributed by atoms with Crippen LogP contribution in [-0.4, -0.2) is 49.7 Å². The van der Waals surface area contributed by atoms with Crippen LogP contribution < -0.4 is 11.1 Å². The summed E-state index contributed by atoms with van der Waals surface area (Å²) in [5.74, 6) is -0.0549. The standard InChI is InChI=1S/C14H21N3O2/c1-11(10-17-6-8-19-9-7-17)16-14(18)12-2-4-13(15)5-3-12/h2-5,11H,6-10,15H2,1H3,(H,16,18). The summed E-state index contributed by atoms with van der Waals surface area (Å²) in [6.07, 6.45) is 0. The predicted octanol–water partition coefficient (Wildman–Crippen LogP) is 0.719. The molecular weight excluding hydrogens is 242 g/mol. The van der Waals surface area contributed by atoms with Crippen LogP contribution in [0.1, 0.15) is 17.3 Å². The van der Waals surface area contributed by atoms with E-state index in [0.29, 0.717) is 11.3 Å². The molecule has 0 bridgehead atoms. The first-order chi connectivity index (χ1) is 9.15. The molecule has 0 saturated carbocycles. The molecule has 5 heteroatoms. The van der Waals surface area contributed by atoms with Crippen molar-refractivity contribution in [3.8, 4) is 0 Å². The van der Waals surface area contributed by atoms with Crippen molar-refractivity contribution >= 4 is 11.6 Å². The molecule has 1 atom stereocenters. The molecule has 0 spiro atoms. The molecule has 1 aromatic carbocycles. The van der Waals surface area contributed by atoms with Crippen LogP contribution in [0.25, 0.3) is 0 Å². The van der Waals surface area contributed by atoms with Crippen molar-refractivity contribution in [2.75, 3.05) is 38.6 Å². The minimum atomic E-state index is -0.0549. The van der Waals surface area contributed by atoms with Crippen molar-refractivity contribution in [1.82, 2.24) is 10.2 Å². The topological polar surface area (TPSA) is 67.6 Å². The molecule has 5 nitrogen and oxygen atoms in total. The second-order valence-electron chi connectivity index (χ2n) is 4.91. The average Bonchev–Trinajstić information content (AvgIpc) is 2.40. The van der Waals surface area contributed by atoms with E-state index in [9.17, 15) is 4.79 Å². The number of nitrogens with one attached hydrogen (secondary N) is 1. The third-order valence-electron chi connectivity index (χ3n) is 3.19. The number of morpholine rings is 1. The first kappa shape index (κ1) is 13.8. The third kappa shape index (κ3) is 4.22. The normalized spacial score (nSPS) is 17.9. The number of ether oxygens (including phenoxy) is 1. The van der Waals surface area contributed by atoms with Gasteiger partial charge < -0.3 is 15.8 Å². The fraction of sp³-hybridized carbons (Fsp3) is 0.500. The summed E-state index contributed by atoms with van der Waals surface area (Å²) in [6, 6.07) is 7.07. The fourth-order valence-electron chi connectivity index (χ4n) is 2.16. The van der Waals surface area contributed by atoms with Gasteiger partial charge in [0.1, 0.15) is 0 Å². The zero-order valence-electron chi connectivity index (χ0n) is 11.3. The van der Waals surface area contributed by atoms with Crippen molar-refractivity contribution in [3.05, 3.63) is 29.8 Å². The number of nitrogens with two attached hydrogens (primary N) is 1. The number of nitrogen functional groups attached to an aromatic ring is 1. The molecule has 104 valence electrons. The maximum Gasteiger partial charge on any atom is 0.251 e. The number of carbonyl (C=O) groups is 1. The van der Waals surface area contributed by atoms with E-state index in [1.807, 2.05) is 6.92 Å². The molecule has 1 fully saturated rings. The zero-order chi connectivity index (χ0) is 13.7. The van der Waals surface area contributed by atoms with Gasteiger partial charge in [0.15, 0.2) is 0 Å². The highest BCUT2D eigenvalue weighted by Gasteiger charge is 2.15. The molecule has 0 aliphatic carbocycles. The Bertz CT molecular complexity index is 413. The Kier molecular flexibility index (Phi) is 4.76. The lowest BCUT2D eigenvalue weighted by Gasteiger charge is -2.29. The Morgan fingerprint density at radius 1 is 1.37 bits per heavy atom. The van der Waals surface area contributed by atoms with Crippen molar-refractivity contribution in [3.63, 3.8) is 0 Å². The third-order valence-corrected chi connectivity index (χ3v) is 3.19. The summed E-state index contributed by atoms with van der Waals surface area (Å²) in [5, 5.41) is 3.00. The van der Waals surface area contributed by atoms with Gasteiger partial charge in [-0.05, 0) is 31.2 Å². The molecule has 1 unspecified atom stereocenters. The van der Waals surface area contributed by atoms with Gasteiger partial charge in [-0.1, -0.05) is 0 Å². The minimum Gasteiger partial charge on any atom is -0.399 e. The molecule has 0 aromatic heterocycles. The van der Waals surface area contributed by atoms with E-state index in [-0.39, 0.29) is 11.9 Å². The monoisotopic (exact) mass is 263 g/mol. The Labute approximate surface area is 113 Å². The van der Waals surface area contributed by atoms with Crippen LogP contribution in [-0.2, 0) is 4.74 Å². The predicted molar refractivity (Wildman–Crippen MR) is 75.0 cm³/mol. The maximum atomic E-state index is 12.0. The Morgan fingerprint density at radius 2 is 2.00 bits per heavy atom. The number of hydrogen-bond donors (Lipinski definition) is 2. The van der Waals surface area contributed by atoms with Crippen LogP contribution in [0.5, 0.6) is 0 Å². The van der Waals surface area contributed by atoms with Crippen LogP contribution in [0.4, 0.5) is 5.69 Å². The number of nitrogens with zero attached hydrogens (tertiary/aromatic N) is 1. The minimum absolute atomic E-state index is 0.0549. The van der Waals surface area contributed by atoms with Gasteiger partial charge in [0.05, 0.1) is 13.2 Å².